The van der Waals surface area contributed by atoms with Crippen LogP contribution in [0.5, 0.6) is 0 Å². The minimum atomic E-state index is -0.843. The molecule has 6 heteroatoms. The Labute approximate surface area is 175 Å². The van der Waals surface area contributed by atoms with Crippen molar-refractivity contribution in [1.82, 2.24) is 5.32 Å². The molecule has 154 valence electrons. The molecule has 0 saturated carbocycles. The van der Waals surface area contributed by atoms with Gasteiger partial charge in [0, 0.05) is 35.0 Å². The normalized spacial score (nSPS) is 18.2. The Kier molecular flexibility index (Phi) is 5.25. The second-order valence-electron chi connectivity index (χ2n) is 8.87. The van der Waals surface area contributed by atoms with Crippen LogP contribution in [0.1, 0.15) is 59.5 Å². The summed E-state index contributed by atoms with van der Waals surface area (Å²) >= 11 is 1.63. The molecule has 1 fully saturated rings. The summed E-state index contributed by atoms with van der Waals surface area (Å²) in [7, 11) is 1.89. The Morgan fingerprint density at radius 1 is 1.31 bits per heavy atom. The highest BCUT2D eigenvalue weighted by Crippen LogP contribution is 2.46. The number of nitrogens with one attached hydrogen (secondary N) is 1. The molecule has 0 spiro atoms. The lowest BCUT2D eigenvalue weighted by atomic mass is 9.76. The summed E-state index contributed by atoms with van der Waals surface area (Å²) in [5, 5.41) is 13.3. The molecule has 4 rings (SSSR count). The third-order valence-corrected chi connectivity index (χ3v) is 7.40. The Morgan fingerprint density at radius 2 is 2.10 bits per heavy atom. The van der Waals surface area contributed by atoms with Crippen molar-refractivity contribution in [3.63, 3.8) is 0 Å². The number of benzene rings is 1. The van der Waals surface area contributed by atoms with Crippen LogP contribution in [-0.4, -0.2) is 30.6 Å². The summed E-state index contributed by atoms with van der Waals surface area (Å²) in [5.74, 6) is -0.683. The Hall–Kier alpha value is -2.18. The predicted octanol–water partition coefficient (Wildman–Crippen LogP) is 4.47. The highest BCUT2D eigenvalue weighted by molar-refractivity contribution is 7.16. The number of carbonyl (C=O) groups excluding carboxylic acids is 1. The first-order valence-electron chi connectivity index (χ1n) is 10.3. The number of amides is 1. The number of thiophene rings is 1. The van der Waals surface area contributed by atoms with Gasteiger partial charge in [-0.15, -0.1) is 11.3 Å². The molecular weight excluding hydrogens is 384 g/mol. The third-order valence-electron chi connectivity index (χ3n) is 6.07. The zero-order valence-electron chi connectivity index (χ0n) is 17.3. The SMILES string of the molecule is CNCc1cc(N2CCCC2=O)ccc1-c1sc2c(c1C(=O)O)CC(C)(C)CC2. The summed E-state index contributed by atoms with van der Waals surface area (Å²) in [6.07, 6.45) is 4.31. The van der Waals surface area contributed by atoms with Crippen molar-refractivity contribution in [2.75, 3.05) is 18.5 Å². The molecule has 29 heavy (non-hydrogen) atoms. The van der Waals surface area contributed by atoms with Crippen LogP contribution in [0.2, 0.25) is 0 Å². The van der Waals surface area contributed by atoms with Gasteiger partial charge in [-0.05, 0) is 67.0 Å². The summed E-state index contributed by atoms with van der Waals surface area (Å²) < 4.78 is 0. The summed E-state index contributed by atoms with van der Waals surface area (Å²) in [5.41, 5.74) is 4.52. The van der Waals surface area contributed by atoms with E-state index in [2.05, 4.69) is 19.2 Å². The fraction of sp³-hybridized carbons (Fsp3) is 0.478. The van der Waals surface area contributed by atoms with Gasteiger partial charge in [0.05, 0.1) is 5.56 Å². The third kappa shape index (κ3) is 3.71. The van der Waals surface area contributed by atoms with E-state index in [1.54, 1.807) is 11.3 Å². The number of aromatic carboxylic acids is 1. The molecule has 1 aromatic heterocycles. The molecule has 1 aliphatic heterocycles. The maximum Gasteiger partial charge on any atom is 0.337 e. The van der Waals surface area contributed by atoms with E-state index in [4.69, 9.17) is 0 Å². The molecule has 2 aromatic rings. The van der Waals surface area contributed by atoms with E-state index in [0.717, 1.165) is 59.5 Å². The van der Waals surface area contributed by atoms with Crippen LogP contribution >= 0.6 is 11.3 Å². The number of aryl methyl sites for hydroxylation is 1. The average Bonchev–Trinajstić information content (AvgIpc) is 3.24. The average molecular weight is 413 g/mol. The molecule has 5 nitrogen and oxygen atoms in total. The second-order valence-corrected chi connectivity index (χ2v) is 9.98. The largest absolute Gasteiger partial charge is 0.478 e. The van der Waals surface area contributed by atoms with E-state index >= 15 is 0 Å². The summed E-state index contributed by atoms with van der Waals surface area (Å²) in [6, 6.07) is 6.01. The Bertz CT molecular complexity index is 977. The van der Waals surface area contributed by atoms with Crippen molar-refractivity contribution in [1.29, 1.82) is 0 Å². The van der Waals surface area contributed by atoms with Crippen molar-refractivity contribution in [3.05, 3.63) is 39.8 Å². The fourth-order valence-electron chi connectivity index (χ4n) is 4.56. The first kappa shape index (κ1) is 20.1. The molecule has 2 heterocycles. The molecule has 2 aliphatic rings. The van der Waals surface area contributed by atoms with Gasteiger partial charge in [-0.3, -0.25) is 4.79 Å². The number of hydrogen-bond donors (Lipinski definition) is 2. The standard InChI is InChI=1S/C23H28N2O3S/c1-23(2)9-8-18-17(12-23)20(22(27)28)21(29-18)16-7-6-15(11-14(16)13-24-3)25-10-4-5-19(25)26/h6-7,11,24H,4-5,8-10,12-13H2,1-3H3,(H,27,28). The first-order chi connectivity index (χ1) is 13.8. The maximum absolute atomic E-state index is 12.3. The van der Waals surface area contributed by atoms with E-state index in [-0.39, 0.29) is 11.3 Å². The first-order valence-corrected chi connectivity index (χ1v) is 11.1. The van der Waals surface area contributed by atoms with Crippen LogP contribution in [0.25, 0.3) is 10.4 Å². The van der Waals surface area contributed by atoms with Crippen LogP contribution in [0, 0.1) is 5.41 Å². The molecule has 1 saturated heterocycles. The Balaban J connectivity index is 1.83. The highest BCUT2D eigenvalue weighted by Gasteiger charge is 2.33. The lowest BCUT2D eigenvalue weighted by Gasteiger charge is -2.29. The number of rotatable bonds is 5. The number of carboxylic acids is 1. The van der Waals surface area contributed by atoms with Gasteiger partial charge in [-0.25, -0.2) is 4.79 Å². The smallest absolute Gasteiger partial charge is 0.337 e. The van der Waals surface area contributed by atoms with E-state index in [0.29, 0.717) is 18.5 Å². The quantitative estimate of drug-likeness (QED) is 0.760. The number of nitrogens with zero attached hydrogens (tertiary/aromatic N) is 1. The van der Waals surface area contributed by atoms with Crippen LogP contribution in [-0.2, 0) is 24.2 Å². The second kappa shape index (κ2) is 7.58. The lowest BCUT2D eigenvalue weighted by molar-refractivity contribution is -0.117. The van der Waals surface area contributed by atoms with Crippen LogP contribution < -0.4 is 10.2 Å². The molecule has 2 N–H and O–H groups in total. The lowest BCUT2D eigenvalue weighted by Crippen LogP contribution is -2.24. The van der Waals surface area contributed by atoms with E-state index in [1.807, 2.05) is 30.1 Å². The van der Waals surface area contributed by atoms with E-state index < -0.39 is 5.97 Å². The molecule has 1 amide bonds. The predicted molar refractivity (Wildman–Crippen MR) is 117 cm³/mol. The topological polar surface area (TPSA) is 69.6 Å². The number of hydrogen-bond acceptors (Lipinski definition) is 4. The maximum atomic E-state index is 12.3. The van der Waals surface area contributed by atoms with Crippen molar-refractivity contribution < 1.29 is 14.7 Å². The van der Waals surface area contributed by atoms with Crippen molar-refractivity contribution in [2.45, 2.75) is 52.5 Å². The molecule has 0 bridgehead atoms. The summed E-state index contributed by atoms with van der Waals surface area (Å²) in [6.45, 7) is 5.80. The monoisotopic (exact) mass is 412 g/mol. The van der Waals surface area contributed by atoms with Gasteiger partial charge in [-0.1, -0.05) is 19.9 Å². The number of anilines is 1. The van der Waals surface area contributed by atoms with Gasteiger partial charge in [0.25, 0.3) is 0 Å². The van der Waals surface area contributed by atoms with Crippen LogP contribution in [0.15, 0.2) is 18.2 Å². The van der Waals surface area contributed by atoms with Crippen molar-refractivity contribution in [3.8, 4) is 10.4 Å². The number of fused-ring (bicyclic) bond motifs is 1. The zero-order chi connectivity index (χ0) is 20.8. The number of carboxylic acid groups (broad SMARTS) is 1. The van der Waals surface area contributed by atoms with Gasteiger partial charge >= 0.3 is 5.97 Å². The minimum absolute atomic E-state index is 0.128. The van der Waals surface area contributed by atoms with Gasteiger partial charge in [0.1, 0.15) is 0 Å². The molecule has 1 aliphatic carbocycles. The number of carbonyl (C=O) groups is 2. The van der Waals surface area contributed by atoms with E-state index in [9.17, 15) is 14.7 Å². The van der Waals surface area contributed by atoms with Gasteiger partial charge in [0.2, 0.25) is 5.91 Å². The fourth-order valence-corrected chi connectivity index (χ4v) is 5.93. The Morgan fingerprint density at radius 3 is 2.76 bits per heavy atom. The zero-order valence-corrected chi connectivity index (χ0v) is 18.1. The van der Waals surface area contributed by atoms with Crippen LogP contribution in [0.3, 0.4) is 0 Å². The minimum Gasteiger partial charge on any atom is -0.478 e. The summed E-state index contributed by atoms with van der Waals surface area (Å²) in [4.78, 5) is 28.3. The van der Waals surface area contributed by atoms with Crippen molar-refractivity contribution in [2.24, 2.45) is 5.41 Å². The highest BCUT2D eigenvalue weighted by atomic mass is 32.1. The van der Waals surface area contributed by atoms with Gasteiger partial charge in [0.15, 0.2) is 0 Å². The molecule has 0 atom stereocenters. The molecule has 0 radical (unpaired) electrons. The molecule has 1 aromatic carbocycles. The van der Waals surface area contributed by atoms with Gasteiger partial charge in [-0.2, -0.15) is 0 Å². The molecule has 0 unspecified atom stereocenters. The van der Waals surface area contributed by atoms with Crippen LogP contribution in [0.4, 0.5) is 5.69 Å². The van der Waals surface area contributed by atoms with Gasteiger partial charge < -0.3 is 15.3 Å². The van der Waals surface area contributed by atoms with Crippen molar-refractivity contribution >= 4 is 28.9 Å². The molecular formula is C23H28N2O3S. The van der Waals surface area contributed by atoms with E-state index in [1.165, 1.54) is 4.88 Å².